The molecule has 2 rings (SSSR count). The molecule has 1 heterocycles. The zero-order valence-corrected chi connectivity index (χ0v) is 11.9. The maximum atomic E-state index is 9.21. The molecule has 0 aliphatic carbocycles. The molecule has 1 aromatic carbocycles. The van der Waals surface area contributed by atoms with Gasteiger partial charge in [0.25, 0.3) is 0 Å². The van der Waals surface area contributed by atoms with Crippen molar-refractivity contribution in [2.24, 2.45) is 0 Å². The van der Waals surface area contributed by atoms with Crippen LogP contribution in [0.4, 0.5) is 5.82 Å². The van der Waals surface area contributed by atoms with Crippen molar-refractivity contribution in [1.29, 1.82) is 0 Å². The molecule has 5 nitrogen and oxygen atoms in total. The van der Waals surface area contributed by atoms with E-state index in [1.54, 1.807) is 25.3 Å². The zero-order chi connectivity index (χ0) is 14.4. The predicted octanol–water partition coefficient (Wildman–Crippen LogP) is 2.64. The van der Waals surface area contributed by atoms with Crippen molar-refractivity contribution in [1.82, 2.24) is 9.97 Å². The fourth-order valence-corrected chi connectivity index (χ4v) is 1.95. The number of halogens is 1. The normalized spacial score (nSPS) is 10.5. The average molecular weight is 294 g/mol. The summed E-state index contributed by atoms with van der Waals surface area (Å²) in [6, 6.07) is 8.80. The number of methoxy groups -OCH3 is 1. The van der Waals surface area contributed by atoms with Crippen molar-refractivity contribution >= 4 is 17.4 Å². The number of benzene rings is 1. The van der Waals surface area contributed by atoms with Gasteiger partial charge in [0.1, 0.15) is 23.3 Å². The molecule has 0 aliphatic rings. The van der Waals surface area contributed by atoms with Crippen LogP contribution in [0.5, 0.6) is 5.75 Å². The van der Waals surface area contributed by atoms with Gasteiger partial charge in [-0.2, -0.15) is 0 Å². The molecule has 2 N–H and O–H groups in total. The van der Waals surface area contributed by atoms with Crippen LogP contribution in [0.1, 0.15) is 11.4 Å². The summed E-state index contributed by atoms with van der Waals surface area (Å²) < 4.78 is 4.99. The minimum atomic E-state index is 0.272. The molecule has 2 aromatic rings. The van der Waals surface area contributed by atoms with Crippen LogP contribution in [-0.4, -0.2) is 28.7 Å². The maximum Gasteiger partial charge on any atom is 0.158 e. The first-order valence-electron chi connectivity index (χ1n) is 6.21. The van der Waals surface area contributed by atoms with Gasteiger partial charge in [0.15, 0.2) is 5.82 Å². The molecule has 0 aliphatic heterocycles. The van der Waals surface area contributed by atoms with Crippen molar-refractivity contribution in [3.05, 3.63) is 46.9 Å². The Hall–Kier alpha value is -1.85. The van der Waals surface area contributed by atoms with E-state index in [0.29, 0.717) is 29.9 Å². The van der Waals surface area contributed by atoms with Crippen LogP contribution in [0.2, 0.25) is 5.15 Å². The minimum absolute atomic E-state index is 0.272. The lowest BCUT2D eigenvalue weighted by Gasteiger charge is -2.08. The molecule has 0 saturated carbocycles. The predicted molar refractivity (Wildman–Crippen MR) is 78.1 cm³/mol. The second-order valence-corrected chi connectivity index (χ2v) is 4.66. The fourth-order valence-electron chi connectivity index (χ4n) is 1.75. The molecule has 0 saturated heterocycles. The lowest BCUT2D eigenvalue weighted by Crippen LogP contribution is -2.08. The van der Waals surface area contributed by atoms with Gasteiger partial charge < -0.3 is 15.2 Å². The molecule has 0 radical (unpaired) electrons. The van der Waals surface area contributed by atoms with E-state index in [1.807, 2.05) is 12.1 Å². The van der Waals surface area contributed by atoms with Crippen molar-refractivity contribution in [2.75, 3.05) is 19.0 Å². The topological polar surface area (TPSA) is 67.3 Å². The number of phenolic OH excluding ortho intramolecular Hbond substituents is 1. The van der Waals surface area contributed by atoms with Crippen molar-refractivity contribution < 1.29 is 9.84 Å². The number of nitrogens with zero attached hydrogens (tertiary/aromatic N) is 2. The van der Waals surface area contributed by atoms with Crippen molar-refractivity contribution in [2.45, 2.75) is 13.0 Å². The summed E-state index contributed by atoms with van der Waals surface area (Å²) in [7, 11) is 1.59. The molecule has 20 heavy (non-hydrogen) atoms. The van der Waals surface area contributed by atoms with Gasteiger partial charge >= 0.3 is 0 Å². The summed E-state index contributed by atoms with van der Waals surface area (Å²) in [6.45, 7) is 1.04. The summed E-state index contributed by atoms with van der Waals surface area (Å²) in [6.07, 6.45) is 0.821. The number of anilines is 1. The number of nitrogens with one attached hydrogen (secondary N) is 1. The van der Waals surface area contributed by atoms with Gasteiger partial charge in [-0.1, -0.05) is 23.7 Å². The first-order chi connectivity index (χ1) is 9.67. The summed E-state index contributed by atoms with van der Waals surface area (Å²) in [4.78, 5) is 8.36. The molecule has 0 bridgehead atoms. The highest BCUT2D eigenvalue weighted by atomic mass is 35.5. The lowest BCUT2D eigenvalue weighted by atomic mass is 10.1. The Morgan fingerprint density at radius 3 is 2.70 bits per heavy atom. The number of aromatic hydroxyl groups is 1. The van der Waals surface area contributed by atoms with Crippen LogP contribution >= 0.6 is 11.6 Å². The highest BCUT2D eigenvalue weighted by Gasteiger charge is 2.03. The van der Waals surface area contributed by atoms with Crippen LogP contribution in [0.15, 0.2) is 30.3 Å². The number of rotatable bonds is 6. The molecule has 0 amide bonds. The largest absolute Gasteiger partial charge is 0.508 e. The standard InChI is InChI=1S/C14H16ClN3O2/c1-20-9-14-17-12(15)8-13(18-14)16-7-6-10-2-4-11(19)5-3-10/h2-5,8,19H,6-7,9H2,1H3,(H,16,17,18). The second-order valence-electron chi connectivity index (χ2n) is 4.27. The molecule has 6 heteroatoms. The van der Waals surface area contributed by atoms with E-state index in [2.05, 4.69) is 15.3 Å². The van der Waals surface area contributed by atoms with E-state index >= 15 is 0 Å². The molecule has 0 fully saturated rings. The molecule has 0 spiro atoms. The Bertz CT molecular complexity index is 561. The van der Waals surface area contributed by atoms with Crippen LogP contribution in [0.25, 0.3) is 0 Å². The fraction of sp³-hybridized carbons (Fsp3) is 0.286. The van der Waals surface area contributed by atoms with E-state index < -0.39 is 0 Å². The van der Waals surface area contributed by atoms with E-state index in [9.17, 15) is 5.11 Å². The van der Waals surface area contributed by atoms with Crippen LogP contribution in [0, 0.1) is 0 Å². The smallest absolute Gasteiger partial charge is 0.158 e. The first kappa shape index (κ1) is 14.6. The van der Waals surface area contributed by atoms with Gasteiger partial charge in [-0.05, 0) is 24.1 Å². The third kappa shape index (κ3) is 4.36. The second kappa shape index (κ2) is 7.07. The van der Waals surface area contributed by atoms with E-state index in [-0.39, 0.29) is 5.75 Å². The number of hydrogen-bond acceptors (Lipinski definition) is 5. The van der Waals surface area contributed by atoms with E-state index in [4.69, 9.17) is 16.3 Å². The summed E-state index contributed by atoms with van der Waals surface area (Å²) in [5.74, 6) is 1.50. The molecule has 1 aromatic heterocycles. The third-order valence-corrected chi connectivity index (χ3v) is 2.86. The highest BCUT2D eigenvalue weighted by molar-refractivity contribution is 6.29. The quantitative estimate of drug-likeness (QED) is 0.802. The van der Waals surface area contributed by atoms with Crippen LogP contribution in [-0.2, 0) is 17.8 Å². The number of ether oxygens (including phenoxy) is 1. The summed E-state index contributed by atoms with van der Waals surface area (Å²) >= 11 is 5.92. The summed E-state index contributed by atoms with van der Waals surface area (Å²) in [5, 5.41) is 12.8. The summed E-state index contributed by atoms with van der Waals surface area (Å²) in [5.41, 5.74) is 1.13. The molecule has 106 valence electrons. The van der Waals surface area contributed by atoms with Gasteiger partial charge in [-0.25, -0.2) is 9.97 Å². The van der Waals surface area contributed by atoms with E-state index in [0.717, 1.165) is 12.0 Å². The maximum absolute atomic E-state index is 9.21. The Morgan fingerprint density at radius 1 is 1.25 bits per heavy atom. The minimum Gasteiger partial charge on any atom is -0.508 e. The molecule has 0 unspecified atom stereocenters. The number of aromatic nitrogens is 2. The molecular formula is C14H16ClN3O2. The van der Waals surface area contributed by atoms with Crippen LogP contribution in [0.3, 0.4) is 0 Å². The molecular weight excluding hydrogens is 278 g/mol. The Morgan fingerprint density at radius 2 is 2.00 bits per heavy atom. The van der Waals surface area contributed by atoms with E-state index in [1.165, 1.54) is 0 Å². The van der Waals surface area contributed by atoms with Gasteiger partial charge in [0.05, 0.1) is 0 Å². The Kier molecular flexibility index (Phi) is 5.15. The third-order valence-electron chi connectivity index (χ3n) is 2.67. The van der Waals surface area contributed by atoms with Crippen molar-refractivity contribution in [3.8, 4) is 5.75 Å². The Balaban J connectivity index is 1.91. The van der Waals surface area contributed by atoms with Gasteiger partial charge in [0, 0.05) is 19.7 Å². The van der Waals surface area contributed by atoms with Gasteiger partial charge in [0.2, 0.25) is 0 Å². The average Bonchev–Trinajstić information content (AvgIpc) is 2.41. The SMILES string of the molecule is COCc1nc(Cl)cc(NCCc2ccc(O)cc2)n1. The highest BCUT2D eigenvalue weighted by Crippen LogP contribution is 2.13. The van der Waals surface area contributed by atoms with Gasteiger partial charge in [-0.3, -0.25) is 0 Å². The molecule has 0 atom stereocenters. The lowest BCUT2D eigenvalue weighted by molar-refractivity contribution is 0.178. The monoisotopic (exact) mass is 293 g/mol. The van der Waals surface area contributed by atoms with Gasteiger partial charge in [-0.15, -0.1) is 0 Å². The first-order valence-corrected chi connectivity index (χ1v) is 6.59. The zero-order valence-electron chi connectivity index (χ0n) is 11.1. The Labute approximate surface area is 122 Å². The number of hydrogen-bond donors (Lipinski definition) is 2. The van der Waals surface area contributed by atoms with Crippen molar-refractivity contribution in [3.63, 3.8) is 0 Å². The number of phenols is 1. The van der Waals surface area contributed by atoms with Crippen LogP contribution < -0.4 is 5.32 Å².